The maximum atomic E-state index is 14.2. The Morgan fingerprint density at radius 2 is 2.03 bits per heavy atom. The summed E-state index contributed by atoms with van der Waals surface area (Å²) in [6.07, 6.45) is 2.48. The molecule has 0 atom stereocenters. The van der Waals surface area contributed by atoms with Crippen molar-refractivity contribution in [3.05, 3.63) is 54.0 Å². The first-order valence-electron chi connectivity index (χ1n) is 9.61. The van der Waals surface area contributed by atoms with Crippen molar-refractivity contribution in [2.45, 2.75) is 19.9 Å². The summed E-state index contributed by atoms with van der Waals surface area (Å²) >= 11 is 0. The summed E-state index contributed by atoms with van der Waals surface area (Å²) < 4.78 is 15.9. The Labute approximate surface area is 171 Å². The van der Waals surface area contributed by atoms with Gasteiger partial charge < -0.3 is 11.1 Å². The Morgan fingerprint density at radius 1 is 1.17 bits per heavy atom. The van der Waals surface area contributed by atoms with E-state index < -0.39 is 0 Å². The number of nitrogens with zero attached hydrogens (tertiary/aromatic N) is 6. The van der Waals surface area contributed by atoms with Crippen LogP contribution in [0.1, 0.15) is 18.9 Å². The van der Waals surface area contributed by atoms with Crippen LogP contribution in [0.15, 0.2) is 47.6 Å². The topological polar surface area (TPSA) is 107 Å². The molecule has 30 heavy (non-hydrogen) atoms. The first-order chi connectivity index (χ1) is 14.6. The molecule has 0 saturated heterocycles. The van der Waals surface area contributed by atoms with Crippen molar-refractivity contribution >= 4 is 34.1 Å². The molecule has 1 aromatic carbocycles. The lowest BCUT2D eigenvalue weighted by Crippen LogP contribution is -2.07. The van der Waals surface area contributed by atoms with Gasteiger partial charge in [0.05, 0.1) is 11.9 Å². The molecule has 3 aromatic heterocycles. The molecule has 0 unspecified atom stereocenters. The van der Waals surface area contributed by atoms with Crippen LogP contribution >= 0.6 is 0 Å². The molecule has 8 nitrogen and oxygen atoms in total. The SMILES string of the molecule is CC1=Nc2c(N)nc(-c3nn(Cc4ccccc4F)c4ncccc34)nc2NCC1. The van der Waals surface area contributed by atoms with Crippen LogP contribution in [0.25, 0.3) is 22.6 Å². The summed E-state index contributed by atoms with van der Waals surface area (Å²) in [5.41, 5.74) is 9.40. The maximum Gasteiger partial charge on any atom is 0.184 e. The minimum Gasteiger partial charge on any atom is -0.382 e. The minimum atomic E-state index is -0.290. The molecule has 3 N–H and O–H groups in total. The summed E-state index contributed by atoms with van der Waals surface area (Å²) in [6, 6.07) is 10.3. The predicted molar refractivity (Wildman–Crippen MR) is 114 cm³/mol. The molecule has 1 aliphatic rings. The Hall–Kier alpha value is -3.88. The van der Waals surface area contributed by atoms with Gasteiger partial charge in [-0.3, -0.25) is 4.99 Å². The lowest BCUT2D eigenvalue weighted by atomic mass is 10.2. The highest BCUT2D eigenvalue weighted by atomic mass is 19.1. The number of pyridine rings is 1. The predicted octanol–water partition coefficient (Wildman–Crippen LogP) is 3.57. The van der Waals surface area contributed by atoms with E-state index in [1.165, 1.54) is 6.07 Å². The van der Waals surface area contributed by atoms with Gasteiger partial charge in [-0.05, 0) is 25.1 Å². The van der Waals surface area contributed by atoms with E-state index in [0.717, 1.165) is 17.5 Å². The molecule has 0 fully saturated rings. The number of halogens is 1. The van der Waals surface area contributed by atoms with Crippen LogP contribution in [0, 0.1) is 5.82 Å². The maximum absolute atomic E-state index is 14.2. The molecule has 0 saturated carbocycles. The van der Waals surface area contributed by atoms with E-state index in [0.29, 0.717) is 40.8 Å². The standard InChI is InChI=1S/C21H19FN8/c1-12-8-10-24-19-17(26-12)18(23)27-20(28-19)16-14-6-4-9-25-21(14)30(29-16)11-13-5-2-3-7-15(13)22/h2-7,9H,8,10-11H2,1H3,(H3,23,24,27,28). The van der Waals surface area contributed by atoms with Gasteiger partial charge in [-0.1, -0.05) is 18.2 Å². The van der Waals surface area contributed by atoms with Gasteiger partial charge in [0.15, 0.2) is 23.1 Å². The lowest BCUT2D eigenvalue weighted by Gasteiger charge is -2.08. The van der Waals surface area contributed by atoms with Crippen molar-refractivity contribution in [2.24, 2.45) is 4.99 Å². The van der Waals surface area contributed by atoms with Crippen molar-refractivity contribution in [1.82, 2.24) is 24.7 Å². The first kappa shape index (κ1) is 18.2. The monoisotopic (exact) mass is 402 g/mol. The second-order valence-corrected chi connectivity index (χ2v) is 7.13. The molecule has 150 valence electrons. The van der Waals surface area contributed by atoms with Crippen molar-refractivity contribution in [3.8, 4) is 11.5 Å². The average molecular weight is 402 g/mol. The van der Waals surface area contributed by atoms with E-state index in [9.17, 15) is 4.39 Å². The summed E-state index contributed by atoms with van der Waals surface area (Å²) in [7, 11) is 0. The van der Waals surface area contributed by atoms with Gasteiger partial charge in [-0.25, -0.2) is 24.0 Å². The number of aliphatic imine (C=N–C) groups is 1. The molecule has 0 aliphatic carbocycles. The quantitative estimate of drug-likeness (QED) is 0.543. The van der Waals surface area contributed by atoms with Crippen molar-refractivity contribution < 1.29 is 4.39 Å². The number of benzene rings is 1. The largest absolute Gasteiger partial charge is 0.382 e. The third kappa shape index (κ3) is 3.14. The van der Waals surface area contributed by atoms with E-state index in [2.05, 4.69) is 30.4 Å². The van der Waals surface area contributed by atoms with Gasteiger partial charge in [0, 0.05) is 30.4 Å². The van der Waals surface area contributed by atoms with Crippen molar-refractivity contribution in [1.29, 1.82) is 0 Å². The molecule has 5 rings (SSSR count). The fourth-order valence-electron chi connectivity index (χ4n) is 3.49. The molecular formula is C21H19FN8. The van der Waals surface area contributed by atoms with Crippen molar-refractivity contribution in [2.75, 3.05) is 17.6 Å². The molecule has 4 heterocycles. The summed E-state index contributed by atoms with van der Waals surface area (Å²) in [5, 5.41) is 8.70. The molecule has 0 amide bonds. The number of nitrogens with one attached hydrogen (secondary N) is 1. The van der Waals surface area contributed by atoms with Crippen LogP contribution in [-0.2, 0) is 6.54 Å². The van der Waals surface area contributed by atoms with Crippen LogP contribution in [0.2, 0.25) is 0 Å². The smallest absolute Gasteiger partial charge is 0.184 e. The number of aromatic nitrogens is 5. The van der Waals surface area contributed by atoms with Crippen LogP contribution in [0.4, 0.5) is 21.7 Å². The minimum absolute atomic E-state index is 0.238. The molecule has 0 radical (unpaired) electrons. The molecule has 0 spiro atoms. The Bertz CT molecular complexity index is 1290. The third-order valence-electron chi connectivity index (χ3n) is 4.99. The van der Waals surface area contributed by atoms with Gasteiger partial charge in [-0.15, -0.1) is 0 Å². The number of hydrogen-bond acceptors (Lipinski definition) is 7. The zero-order chi connectivity index (χ0) is 20.7. The molecule has 1 aliphatic heterocycles. The first-order valence-corrected chi connectivity index (χ1v) is 9.61. The number of fused-ring (bicyclic) bond motifs is 2. The van der Waals surface area contributed by atoms with Crippen molar-refractivity contribution in [3.63, 3.8) is 0 Å². The fraction of sp³-hybridized carbons (Fsp3) is 0.190. The van der Waals surface area contributed by atoms with Gasteiger partial charge in [0.2, 0.25) is 0 Å². The lowest BCUT2D eigenvalue weighted by molar-refractivity contribution is 0.589. The number of nitrogen functional groups attached to an aromatic ring is 1. The number of hydrogen-bond donors (Lipinski definition) is 2. The fourth-order valence-corrected chi connectivity index (χ4v) is 3.49. The number of anilines is 2. The van der Waals surface area contributed by atoms with E-state index in [4.69, 9.17) is 5.73 Å². The summed E-state index contributed by atoms with van der Waals surface area (Å²) in [4.78, 5) is 18.1. The highest BCUT2D eigenvalue weighted by Gasteiger charge is 2.21. The molecule has 9 heteroatoms. The van der Waals surface area contributed by atoms with Crippen LogP contribution in [0.5, 0.6) is 0 Å². The van der Waals surface area contributed by atoms with E-state index in [1.54, 1.807) is 29.1 Å². The van der Waals surface area contributed by atoms with Gasteiger partial charge in [-0.2, -0.15) is 5.10 Å². The van der Waals surface area contributed by atoms with E-state index >= 15 is 0 Å². The highest BCUT2D eigenvalue weighted by Crippen LogP contribution is 2.34. The van der Waals surface area contributed by atoms with Gasteiger partial charge in [0.25, 0.3) is 0 Å². The Balaban J connectivity index is 1.65. The number of nitrogens with two attached hydrogens (primary N) is 1. The second-order valence-electron chi connectivity index (χ2n) is 7.13. The van der Waals surface area contributed by atoms with Crippen LogP contribution in [0.3, 0.4) is 0 Å². The zero-order valence-corrected chi connectivity index (χ0v) is 16.3. The van der Waals surface area contributed by atoms with Crippen LogP contribution in [-0.4, -0.2) is 37.0 Å². The summed E-state index contributed by atoms with van der Waals surface area (Å²) in [6.45, 7) is 2.90. The van der Waals surface area contributed by atoms with E-state index in [-0.39, 0.29) is 18.2 Å². The normalized spacial score (nSPS) is 13.5. The third-order valence-corrected chi connectivity index (χ3v) is 4.99. The van der Waals surface area contributed by atoms with E-state index in [1.807, 2.05) is 19.1 Å². The Kier molecular flexibility index (Phi) is 4.35. The number of rotatable bonds is 3. The summed E-state index contributed by atoms with van der Waals surface area (Å²) in [5.74, 6) is 0.944. The van der Waals surface area contributed by atoms with Crippen LogP contribution < -0.4 is 11.1 Å². The second kappa shape index (κ2) is 7.18. The zero-order valence-electron chi connectivity index (χ0n) is 16.3. The molecule has 0 bridgehead atoms. The Morgan fingerprint density at radius 3 is 2.90 bits per heavy atom. The van der Waals surface area contributed by atoms with Gasteiger partial charge in [0.1, 0.15) is 17.2 Å². The van der Waals surface area contributed by atoms with Gasteiger partial charge >= 0.3 is 0 Å². The average Bonchev–Trinajstić information content (AvgIpc) is 2.98. The molecular weight excluding hydrogens is 383 g/mol. The molecule has 4 aromatic rings. The highest BCUT2D eigenvalue weighted by molar-refractivity contribution is 5.93.